The van der Waals surface area contributed by atoms with Gasteiger partial charge in [-0.1, -0.05) is 18.6 Å². The van der Waals surface area contributed by atoms with E-state index in [0.717, 1.165) is 12.5 Å². The number of benzene rings is 2. The van der Waals surface area contributed by atoms with Gasteiger partial charge in [0.1, 0.15) is 16.5 Å². The van der Waals surface area contributed by atoms with Gasteiger partial charge in [0, 0.05) is 30.7 Å². The number of piperidine rings is 1. The summed E-state index contributed by atoms with van der Waals surface area (Å²) in [5.74, 6) is -3.92. The number of nitrogens with two attached hydrogens (primary N) is 1. The highest BCUT2D eigenvalue weighted by atomic mass is 32.2. The zero-order chi connectivity index (χ0) is 27.2. The van der Waals surface area contributed by atoms with Gasteiger partial charge in [-0.15, -0.1) is 4.40 Å². The number of amides is 1. The van der Waals surface area contributed by atoms with Crippen LogP contribution in [0.2, 0.25) is 0 Å². The van der Waals surface area contributed by atoms with E-state index in [1.54, 1.807) is 17.0 Å². The van der Waals surface area contributed by atoms with Crippen molar-refractivity contribution in [2.24, 2.45) is 22.0 Å². The van der Waals surface area contributed by atoms with E-state index in [-0.39, 0.29) is 52.8 Å². The quantitative estimate of drug-likeness (QED) is 0.425. The lowest BCUT2D eigenvalue weighted by Gasteiger charge is -2.41. The van der Waals surface area contributed by atoms with Crippen molar-refractivity contribution in [2.75, 3.05) is 22.3 Å². The first-order chi connectivity index (χ1) is 18.0. The highest BCUT2D eigenvalue weighted by molar-refractivity contribution is 7.92. The lowest BCUT2D eigenvalue weighted by atomic mass is 9.81. The second kappa shape index (κ2) is 9.75. The Kier molecular flexibility index (Phi) is 6.73. The highest BCUT2D eigenvalue weighted by Gasteiger charge is 2.52. The molecule has 1 aliphatic carbocycles. The van der Waals surface area contributed by atoms with Crippen LogP contribution in [-0.4, -0.2) is 57.6 Å². The molecule has 2 heterocycles. The summed E-state index contributed by atoms with van der Waals surface area (Å²) >= 11 is 0. The fraction of sp³-hybridized carbons (Fsp3) is 0.375. The van der Waals surface area contributed by atoms with Gasteiger partial charge in [0.05, 0.1) is 11.4 Å². The number of halogens is 1. The molecule has 0 bridgehead atoms. The number of anilines is 2. The van der Waals surface area contributed by atoms with E-state index in [9.17, 15) is 30.8 Å². The minimum atomic E-state index is -4.38. The number of sulfonamides is 2. The van der Waals surface area contributed by atoms with Crippen molar-refractivity contribution in [1.29, 1.82) is 0 Å². The molecule has 3 atom stereocenters. The first-order valence-electron chi connectivity index (χ1n) is 12.0. The van der Waals surface area contributed by atoms with Crippen molar-refractivity contribution in [2.45, 2.75) is 36.7 Å². The third kappa shape index (κ3) is 4.90. The maximum absolute atomic E-state index is 13.7. The molecule has 2 fully saturated rings. The fourth-order valence-corrected chi connectivity index (χ4v) is 7.38. The molecule has 2 aromatic rings. The number of Topliss-reactive ketones (excluding diaryl/α,β-unsaturated/α-hetero) is 1. The van der Waals surface area contributed by atoms with Crippen LogP contribution >= 0.6 is 0 Å². The maximum atomic E-state index is 13.7. The Morgan fingerprint density at radius 1 is 1.13 bits per heavy atom. The minimum absolute atomic E-state index is 0.00492. The Balaban J connectivity index is 1.47. The Labute approximate surface area is 219 Å². The van der Waals surface area contributed by atoms with Gasteiger partial charge in [-0.05, 0) is 48.7 Å². The van der Waals surface area contributed by atoms with Crippen molar-refractivity contribution in [3.05, 3.63) is 53.8 Å². The molecular weight excluding hydrogens is 537 g/mol. The number of fused-ring (bicyclic) bond motifs is 2. The summed E-state index contributed by atoms with van der Waals surface area (Å²) in [5, 5.41) is 2.83. The minimum Gasteiger partial charge on any atom is -0.341 e. The first-order valence-corrected chi connectivity index (χ1v) is 15.1. The van der Waals surface area contributed by atoms with Gasteiger partial charge in [0.2, 0.25) is 15.9 Å². The summed E-state index contributed by atoms with van der Waals surface area (Å²) in [6.07, 6.45) is 1.95. The Morgan fingerprint density at radius 2 is 1.87 bits per heavy atom. The van der Waals surface area contributed by atoms with Gasteiger partial charge in [0.25, 0.3) is 10.0 Å². The fourth-order valence-electron chi connectivity index (χ4n) is 5.30. The molecule has 11 nitrogen and oxygen atoms in total. The molecule has 14 heteroatoms. The van der Waals surface area contributed by atoms with E-state index >= 15 is 0 Å². The van der Waals surface area contributed by atoms with Crippen molar-refractivity contribution >= 4 is 48.9 Å². The number of hydrogen-bond acceptors (Lipinski definition) is 8. The molecule has 1 saturated heterocycles. The number of nitrogens with zero attached hydrogens (tertiary/aromatic N) is 2. The Hall–Kier alpha value is -3.36. The van der Waals surface area contributed by atoms with Gasteiger partial charge in [0.15, 0.2) is 11.7 Å². The Morgan fingerprint density at radius 3 is 2.58 bits per heavy atom. The molecule has 0 aromatic heterocycles. The number of ketones is 1. The second-order valence-electron chi connectivity index (χ2n) is 9.53. The normalized spacial score (nSPS) is 24.3. The molecule has 202 valence electrons. The van der Waals surface area contributed by atoms with Crippen LogP contribution in [0.5, 0.6) is 0 Å². The average Bonchev–Trinajstić information content (AvgIpc) is 3.33. The van der Waals surface area contributed by atoms with Crippen LogP contribution in [0.3, 0.4) is 0 Å². The summed E-state index contributed by atoms with van der Waals surface area (Å²) in [4.78, 5) is 28.4. The van der Waals surface area contributed by atoms with Gasteiger partial charge in [-0.25, -0.2) is 12.8 Å². The lowest BCUT2D eigenvalue weighted by molar-refractivity contribution is -0.149. The lowest BCUT2D eigenvalue weighted by Crippen LogP contribution is -2.58. The topological polar surface area (TPSA) is 168 Å². The maximum Gasteiger partial charge on any atom is 0.286 e. The van der Waals surface area contributed by atoms with Gasteiger partial charge in [-0.3, -0.25) is 14.3 Å². The molecule has 4 N–H and O–H groups in total. The van der Waals surface area contributed by atoms with Crippen molar-refractivity contribution < 1.29 is 30.8 Å². The van der Waals surface area contributed by atoms with E-state index in [2.05, 4.69) is 14.4 Å². The predicted molar refractivity (Wildman–Crippen MR) is 138 cm³/mol. The predicted octanol–water partition coefficient (Wildman–Crippen LogP) is 1.44. The molecule has 2 aliphatic heterocycles. The van der Waals surface area contributed by atoms with E-state index in [4.69, 9.17) is 5.73 Å². The largest absolute Gasteiger partial charge is 0.341 e. The molecule has 3 unspecified atom stereocenters. The summed E-state index contributed by atoms with van der Waals surface area (Å²) < 4.78 is 69.8. The molecule has 5 rings (SSSR count). The number of rotatable bonds is 7. The summed E-state index contributed by atoms with van der Waals surface area (Å²) in [7, 11) is -8.16. The number of carbonyl (C=O) groups is 2. The molecule has 3 aliphatic rings. The summed E-state index contributed by atoms with van der Waals surface area (Å²) in [6, 6.07) is 9.20. The van der Waals surface area contributed by atoms with Crippen LogP contribution in [0, 0.1) is 17.7 Å². The standard InChI is InChI=1S/C24H26FN5O6S2/c25-15-6-4-14(5-7-15)13-30-19-3-1-2-17(19)22(31)21(24(30)32)23-27-18-9-8-16(28-37(33,34)11-10-26)12-20(18)38(35,36)29-23/h4-9,12,17,19,21,28H,1-3,10-11,13,26H2,(H,27,29). The SMILES string of the molecule is NCCS(=O)(=O)Nc1ccc2c(c1)S(=O)(=O)N=C(C1C(=O)C3CCCC3N(Cc3ccc(F)cc3)C1=O)N2. The average molecular weight is 564 g/mol. The van der Waals surface area contributed by atoms with E-state index in [1.165, 1.54) is 24.3 Å². The summed E-state index contributed by atoms with van der Waals surface area (Å²) in [5.41, 5.74) is 6.06. The zero-order valence-corrected chi connectivity index (χ0v) is 21.8. The van der Waals surface area contributed by atoms with Crippen LogP contribution in [0.4, 0.5) is 15.8 Å². The van der Waals surface area contributed by atoms with E-state index < -0.39 is 43.6 Å². The van der Waals surface area contributed by atoms with Gasteiger partial charge < -0.3 is 16.0 Å². The highest BCUT2D eigenvalue weighted by Crippen LogP contribution is 2.40. The number of hydrogen-bond donors (Lipinski definition) is 3. The zero-order valence-electron chi connectivity index (χ0n) is 20.1. The first kappa shape index (κ1) is 26.3. The van der Waals surface area contributed by atoms with E-state index in [0.29, 0.717) is 18.4 Å². The molecule has 0 radical (unpaired) electrons. The molecule has 1 amide bonds. The second-order valence-corrected chi connectivity index (χ2v) is 12.9. The third-order valence-corrected chi connectivity index (χ3v) is 9.65. The van der Waals surface area contributed by atoms with Crippen LogP contribution in [0.25, 0.3) is 0 Å². The molecule has 2 aromatic carbocycles. The number of likely N-dealkylation sites (tertiary alicyclic amines) is 1. The molecular formula is C24H26FN5O6S2. The molecule has 0 spiro atoms. The van der Waals surface area contributed by atoms with Crippen LogP contribution in [-0.2, 0) is 36.2 Å². The number of amidine groups is 1. The van der Waals surface area contributed by atoms with Gasteiger partial charge in [-0.2, -0.15) is 8.42 Å². The number of carbonyl (C=O) groups excluding carboxylic acids is 2. The Bertz CT molecular complexity index is 1540. The molecule has 1 saturated carbocycles. The van der Waals surface area contributed by atoms with Crippen LogP contribution in [0.15, 0.2) is 51.8 Å². The summed E-state index contributed by atoms with van der Waals surface area (Å²) in [6.45, 7) is 0.0320. The molecule has 38 heavy (non-hydrogen) atoms. The van der Waals surface area contributed by atoms with Crippen molar-refractivity contribution in [1.82, 2.24) is 4.90 Å². The smallest absolute Gasteiger partial charge is 0.286 e. The van der Waals surface area contributed by atoms with Crippen LogP contribution in [0.1, 0.15) is 24.8 Å². The third-order valence-electron chi connectivity index (χ3n) is 7.00. The monoisotopic (exact) mass is 563 g/mol. The van der Waals surface area contributed by atoms with E-state index in [1.807, 2.05) is 0 Å². The van der Waals surface area contributed by atoms with Crippen molar-refractivity contribution in [3.63, 3.8) is 0 Å². The van der Waals surface area contributed by atoms with Gasteiger partial charge >= 0.3 is 0 Å². The van der Waals surface area contributed by atoms with Crippen LogP contribution < -0.4 is 15.8 Å². The van der Waals surface area contributed by atoms with Crippen molar-refractivity contribution in [3.8, 4) is 0 Å². The number of nitrogens with one attached hydrogen (secondary N) is 2.